The lowest BCUT2D eigenvalue weighted by atomic mass is 10.1. The third-order valence-corrected chi connectivity index (χ3v) is 3.42. The fourth-order valence-electron chi connectivity index (χ4n) is 1.89. The first-order valence-corrected chi connectivity index (χ1v) is 7.64. The Kier molecular flexibility index (Phi) is 6.15. The van der Waals surface area contributed by atoms with Crippen LogP contribution < -0.4 is 10.6 Å². The summed E-state index contributed by atoms with van der Waals surface area (Å²) in [6, 6.07) is 13.8. The first kappa shape index (κ1) is 16.2. The van der Waals surface area contributed by atoms with Crippen LogP contribution >= 0.6 is 15.9 Å². The van der Waals surface area contributed by atoms with Crippen LogP contribution in [0.4, 0.5) is 9.18 Å². The molecular weight excluding hydrogens is 347 g/mol. The van der Waals surface area contributed by atoms with E-state index in [0.717, 1.165) is 16.5 Å². The molecule has 0 saturated heterocycles. The molecular formula is C17H16BrFN2O. The van der Waals surface area contributed by atoms with Gasteiger partial charge in [0.05, 0.1) is 0 Å². The van der Waals surface area contributed by atoms with Crippen LogP contribution in [-0.2, 0) is 6.42 Å². The highest BCUT2D eigenvalue weighted by Gasteiger charge is 1.98. The highest BCUT2D eigenvalue weighted by molar-refractivity contribution is 9.10. The molecule has 0 saturated carbocycles. The third kappa shape index (κ3) is 5.69. The highest BCUT2D eigenvalue weighted by atomic mass is 79.9. The molecule has 0 aliphatic rings. The molecule has 0 spiro atoms. The number of urea groups is 1. The van der Waals surface area contributed by atoms with Gasteiger partial charge in [-0.2, -0.15) is 0 Å². The van der Waals surface area contributed by atoms with Gasteiger partial charge in [-0.25, -0.2) is 9.18 Å². The Hall–Kier alpha value is -2.14. The maximum absolute atomic E-state index is 13.0. The number of halogens is 2. The Morgan fingerprint density at radius 2 is 2.00 bits per heavy atom. The lowest BCUT2D eigenvalue weighted by molar-refractivity contribution is 0.244. The second kappa shape index (κ2) is 8.34. The van der Waals surface area contributed by atoms with Crippen LogP contribution in [0.15, 0.2) is 59.2 Å². The van der Waals surface area contributed by atoms with Gasteiger partial charge >= 0.3 is 6.03 Å². The van der Waals surface area contributed by atoms with Crippen LogP contribution in [-0.4, -0.2) is 12.6 Å². The van der Waals surface area contributed by atoms with E-state index in [4.69, 9.17) is 0 Å². The maximum atomic E-state index is 13.0. The van der Waals surface area contributed by atoms with E-state index in [1.807, 2.05) is 24.3 Å². The van der Waals surface area contributed by atoms with Crippen molar-refractivity contribution in [3.05, 3.63) is 76.1 Å². The number of carbonyl (C=O) groups excluding carboxylic acids is 1. The van der Waals surface area contributed by atoms with Crippen molar-refractivity contribution in [2.75, 3.05) is 6.54 Å². The number of hydrogen-bond acceptors (Lipinski definition) is 1. The average molecular weight is 363 g/mol. The molecule has 0 radical (unpaired) electrons. The zero-order valence-corrected chi connectivity index (χ0v) is 13.4. The quantitative estimate of drug-likeness (QED) is 0.825. The van der Waals surface area contributed by atoms with Gasteiger partial charge in [0, 0.05) is 17.2 Å². The zero-order valence-electron chi connectivity index (χ0n) is 11.9. The minimum atomic E-state index is -0.305. The van der Waals surface area contributed by atoms with E-state index in [1.165, 1.54) is 18.3 Å². The molecule has 0 atom stereocenters. The van der Waals surface area contributed by atoms with Gasteiger partial charge in [-0.1, -0.05) is 40.2 Å². The zero-order chi connectivity index (χ0) is 15.8. The summed E-state index contributed by atoms with van der Waals surface area (Å²) in [6.45, 7) is 0.538. The lowest BCUT2D eigenvalue weighted by Gasteiger charge is -2.05. The Bertz CT molecular complexity index is 673. The Morgan fingerprint density at radius 1 is 1.18 bits per heavy atom. The molecule has 3 nitrogen and oxygen atoms in total. The number of benzene rings is 2. The predicted molar refractivity (Wildman–Crippen MR) is 89.8 cm³/mol. The van der Waals surface area contributed by atoms with Crippen molar-refractivity contribution in [3.8, 4) is 0 Å². The summed E-state index contributed by atoms with van der Waals surface area (Å²) >= 11 is 3.41. The summed E-state index contributed by atoms with van der Waals surface area (Å²) < 4.78 is 14.0. The standard InChI is InChI=1S/C17H16BrFN2O/c18-15-5-1-3-13(11-15)7-9-20-17(22)21-10-8-14-4-2-6-16(19)12-14/h1-6,8,10-12H,7,9H2,(H2,20,21,22)/b10-8+. The van der Waals surface area contributed by atoms with Crippen LogP contribution in [0.5, 0.6) is 0 Å². The molecule has 0 aromatic heterocycles. The molecule has 22 heavy (non-hydrogen) atoms. The third-order valence-electron chi connectivity index (χ3n) is 2.93. The van der Waals surface area contributed by atoms with Crippen LogP contribution in [0.1, 0.15) is 11.1 Å². The largest absolute Gasteiger partial charge is 0.338 e. The summed E-state index contributed by atoms with van der Waals surface area (Å²) in [4.78, 5) is 11.6. The Morgan fingerprint density at radius 3 is 2.77 bits per heavy atom. The molecule has 114 valence electrons. The van der Waals surface area contributed by atoms with Gasteiger partial charge in [-0.15, -0.1) is 0 Å². The van der Waals surface area contributed by atoms with Gasteiger partial charge in [-0.05, 0) is 47.9 Å². The predicted octanol–water partition coefficient (Wildman–Crippen LogP) is 4.10. The molecule has 2 rings (SSSR count). The van der Waals surface area contributed by atoms with E-state index in [-0.39, 0.29) is 11.8 Å². The van der Waals surface area contributed by atoms with E-state index in [0.29, 0.717) is 12.1 Å². The van der Waals surface area contributed by atoms with E-state index >= 15 is 0 Å². The summed E-state index contributed by atoms with van der Waals surface area (Å²) in [5.74, 6) is -0.305. The number of carbonyl (C=O) groups is 1. The van der Waals surface area contributed by atoms with Crippen molar-refractivity contribution in [2.24, 2.45) is 0 Å². The molecule has 2 aromatic carbocycles. The Labute approximate surface area is 137 Å². The van der Waals surface area contributed by atoms with Gasteiger partial charge in [0.25, 0.3) is 0 Å². The second-order valence-corrected chi connectivity index (χ2v) is 5.58. The first-order chi connectivity index (χ1) is 10.6. The monoisotopic (exact) mass is 362 g/mol. The topological polar surface area (TPSA) is 41.1 Å². The van der Waals surface area contributed by atoms with Gasteiger partial charge in [0.15, 0.2) is 0 Å². The summed E-state index contributed by atoms with van der Waals surface area (Å²) in [5.41, 5.74) is 1.83. The van der Waals surface area contributed by atoms with Crippen molar-refractivity contribution in [1.29, 1.82) is 0 Å². The lowest BCUT2D eigenvalue weighted by Crippen LogP contribution is -2.33. The maximum Gasteiger partial charge on any atom is 0.318 e. The van der Waals surface area contributed by atoms with Crippen LogP contribution in [0.25, 0.3) is 6.08 Å². The van der Waals surface area contributed by atoms with Crippen molar-refractivity contribution >= 4 is 28.0 Å². The SMILES string of the molecule is O=C(N/C=C/c1cccc(F)c1)NCCc1cccc(Br)c1. The van der Waals surface area contributed by atoms with Crippen molar-refractivity contribution in [1.82, 2.24) is 10.6 Å². The minimum absolute atomic E-state index is 0.289. The molecule has 0 aliphatic carbocycles. The molecule has 5 heteroatoms. The van der Waals surface area contributed by atoms with Crippen molar-refractivity contribution < 1.29 is 9.18 Å². The van der Waals surface area contributed by atoms with E-state index in [2.05, 4.69) is 26.6 Å². The van der Waals surface area contributed by atoms with Crippen LogP contribution in [0, 0.1) is 5.82 Å². The molecule has 0 unspecified atom stereocenters. The normalized spacial score (nSPS) is 10.6. The van der Waals surface area contributed by atoms with E-state index < -0.39 is 0 Å². The van der Waals surface area contributed by atoms with Crippen molar-refractivity contribution in [2.45, 2.75) is 6.42 Å². The Balaban J connectivity index is 1.72. The fraction of sp³-hybridized carbons (Fsp3) is 0.118. The number of rotatable bonds is 5. The van der Waals surface area contributed by atoms with Gasteiger partial charge < -0.3 is 10.6 Å². The highest BCUT2D eigenvalue weighted by Crippen LogP contribution is 2.11. The molecule has 0 aliphatic heterocycles. The number of amides is 2. The first-order valence-electron chi connectivity index (χ1n) is 6.84. The van der Waals surface area contributed by atoms with Gasteiger partial charge in [0.1, 0.15) is 5.82 Å². The molecule has 2 N–H and O–H groups in total. The van der Waals surface area contributed by atoms with Crippen LogP contribution in [0.3, 0.4) is 0 Å². The minimum Gasteiger partial charge on any atom is -0.338 e. The molecule has 0 bridgehead atoms. The van der Waals surface area contributed by atoms with Gasteiger partial charge in [-0.3, -0.25) is 0 Å². The molecule has 0 fully saturated rings. The summed E-state index contributed by atoms with van der Waals surface area (Å²) in [7, 11) is 0. The molecule has 2 aromatic rings. The molecule has 0 heterocycles. The molecule has 2 amide bonds. The number of nitrogens with one attached hydrogen (secondary N) is 2. The second-order valence-electron chi connectivity index (χ2n) is 4.67. The summed E-state index contributed by atoms with van der Waals surface area (Å²) in [5, 5.41) is 5.34. The fourth-order valence-corrected chi connectivity index (χ4v) is 2.33. The van der Waals surface area contributed by atoms with E-state index in [9.17, 15) is 9.18 Å². The van der Waals surface area contributed by atoms with Crippen molar-refractivity contribution in [3.63, 3.8) is 0 Å². The smallest absolute Gasteiger partial charge is 0.318 e. The number of hydrogen-bond donors (Lipinski definition) is 2. The van der Waals surface area contributed by atoms with E-state index in [1.54, 1.807) is 18.2 Å². The van der Waals surface area contributed by atoms with Gasteiger partial charge in [0.2, 0.25) is 0 Å². The average Bonchev–Trinajstić information content (AvgIpc) is 2.47. The van der Waals surface area contributed by atoms with Crippen LogP contribution in [0.2, 0.25) is 0 Å². The summed E-state index contributed by atoms with van der Waals surface area (Å²) in [6.07, 6.45) is 3.88.